The number of nitrogens with zero attached hydrogens (tertiary/aromatic N) is 3. The molecule has 1 heterocycles. The molecule has 0 amide bonds. The van der Waals surface area contributed by atoms with Crippen LogP contribution in [0, 0.1) is 0 Å². The number of rotatable bonds is 6. The van der Waals surface area contributed by atoms with E-state index in [1.165, 1.54) is 0 Å². The lowest BCUT2D eigenvalue weighted by atomic mass is 10.1. The molecule has 0 unspecified atom stereocenters. The zero-order chi connectivity index (χ0) is 13.1. The maximum atomic E-state index is 10.5. The van der Waals surface area contributed by atoms with Crippen molar-refractivity contribution in [2.45, 2.75) is 44.5 Å². The molecule has 1 aromatic rings. The first-order valence-corrected chi connectivity index (χ1v) is 6.35. The van der Waals surface area contributed by atoms with E-state index in [9.17, 15) is 9.90 Å². The van der Waals surface area contributed by atoms with Crippen LogP contribution in [0.15, 0.2) is 5.16 Å². The van der Waals surface area contributed by atoms with Crippen LogP contribution in [0.3, 0.4) is 0 Å². The van der Waals surface area contributed by atoms with E-state index in [2.05, 4.69) is 10.2 Å². The Kier molecular flexibility index (Phi) is 4.53. The van der Waals surface area contributed by atoms with E-state index in [0.29, 0.717) is 17.5 Å². The standard InChI is InChI=1S/C10H17N3O3S/c1-4-5-13-8(10(2,3)16)11-12-9(13)17-6-7(14)15/h16H,4-6H2,1-3H3,(H,14,15). The summed E-state index contributed by atoms with van der Waals surface area (Å²) in [6.07, 6.45) is 0.863. The fraction of sp³-hybridized carbons (Fsp3) is 0.700. The monoisotopic (exact) mass is 259 g/mol. The molecule has 96 valence electrons. The quantitative estimate of drug-likeness (QED) is 0.743. The van der Waals surface area contributed by atoms with Crippen molar-refractivity contribution in [3.63, 3.8) is 0 Å². The number of aliphatic hydroxyl groups is 1. The fourth-order valence-corrected chi connectivity index (χ4v) is 2.08. The Hall–Kier alpha value is -1.08. The van der Waals surface area contributed by atoms with Gasteiger partial charge >= 0.3 is 5.97 Å². The number of aliphatic carboxylic acids is 1. The summed E-state index contributed by atoms with van der Waals surface area (Å²) < 4.78 is 1.77. The van der Waals surface area contributed by atoms with E-state index < -0.39 is 11.6 Å². The lowest BCUT2D eigenvalue weighted by Crippen LogP contribution is -2.22. The third-order valence-electron chi connectivity index (χ3n) is 2.04. The molecule has 0 fully saturated rings. The number of hydrogen-bond acceptors (Lipinski definition) is 5. The van der Waals surface area contributed by atoms with Crippen molar-refractivity contribution in [2.24, 2.45) is 0 Å². The molecule has 7 heteroatoms. The van der Waals surface area contributed by atoms with Crippen LogP contribution >= 0.6 is 11.8 Å². The molecule has 0 atom stereocenters. The second kappa shape index (κ2) is 5.50. The summed E-state index contributed by atoms with van der Waals surface area (Å²) in [5.74, 6) is -0.494. The SMILES string of the molecule is CCCn1c(SCC(=O)O)nnc1C(C)(C)O. The summed E-state index contributed by atoms with van der Waals surface area (Å²) in [7, 11) is 0. The average molecular weight is 259 g/mol. The Balaban J connectivity index is 2.98. The third kappa shape index (κ3) is 3.71. The van der Waals surface area contributed by atoms with Crippen molar-refractivity contribution < 1.29 is 15.0 Å². The highest BCUT2D eigenvalue weighted by atomic mass is 32.2. The first-order valence-electron chi connectivity index (χ1n) is 5.37. The summed E-state index contributed by atoms with van der Waals surface area (Å²) in [4.78, 5) is 10.5. The molecule has 6 nitrogen and oxygen atoms in total. The third-order valence-corrected chi connectivity index (χ3v) is 2.99. The topological polar surface area (TPSA) is 88.2 Å². The Morgan fingerprint density at radius 1 is 1.47 bits per heavy atom. The minimum Gasteiger partial charge on any atom is -0.481 e. The highest BCUT2D eigenvalue weighted by molar-refractivity contribution is 7.99. The number of carbonyl (C=O) groups is 1. The van der Waals surface area contributed by atoms with Crippen LogP contribution < -0.4 is 0 Å². The van der Waals surface area contributed by atoms with Crippen LogP contribution in [0.25, 0.3) is 0 Å². The predicted octanol–water partition coefficient (Wildman–Crippen LogP) is 1.09. The van der Waals surface area contributed by atoms with Gasteiger partial charge in [-0.15, -0.1) is 10.2 Å². The second-order valence-electron chi connectivity index (χ2n) is 4.20. The molecule has 0 saturated heterocycles. The minimum absolute atomic E-state index is 0.0618. The van der Waals surface area contributed by atoms with Gasteiger partial charge in [0, 0.05) is 6.54 Å². The number of thioether (sulfide) groups is 1. The normalized spacial score (nSPS) is 11.8. The minimum atomic E-state index is -1.08. The van der Waals surface area contributed by atoms with Gasteiger partial charge in [0.25, 0.3) is 0 Å². The van der Waals surface area contributed by atoms with Gasteiger partial charge in [0.15, 0.2) is 11.0 Å². The molecule has 1 aromatic heterocycles. The molecule has 0 radical (unpaired) electrons. The van der Waals surface area contributed by atoms with Crippen molar-refractivity contribution in [3.8, 4) is 0 Å². The molecule has 0 aliphatic rings. The highest BCUT2D eigenvalue weighted by Crippen LogP contribution is 2.24. The predicted molar refractivity (Wildman–Crippen MR) is 63.9 cm³/mol. The van der Waals surface area contributed by atoms with E-state index in [-0.39, 0.29) is 5.75 Å². The van der Waals surface area contributed by atoms with E-state index in [0.717, 1.165) is 18.2 Å². The molecule has 0 aromatic carbocycles. The highest BCUT2D eigenvalue weighted by Gasteiger charge is 2.25. The van der Waals surface area contributed by atoms with Crippen molar-refractivity contribution in [1.29, 1.82) is 0 Å². The fourth-order valence-electron chi connectivity index (χ4n) is 1.40. The molecule has 0 aliphatic heterocycles. The van der Waals surface area contributed by atoms with Crippen molar-refractivity contribution in [1.82, 2.24) is 14.8 Å². The lowest BCUT2D eigenvalue weighted by Gasteiger charge is -2.18. The van der Waals surface area contributed by atoms with Gasteiger partial charge < -0.3 is 14.8 Å². The van der Waals surface area contributed by atoms with Gasteiger partial charge in [-0.2, -0.15) is 0 Å². The Morgan fingerprint density at radius 3 is 2.59 bits per heavy atom. The smallest absolute Gasteiger partial charge is 0.313 e. The van der Waals surface area contributed by atoms with Gasteiger partial charge in [-0.1, -0.05) is 18.7 Å². The summed E-state index contributed by atoms with van der Waals surface area (Å²) >= 11 is 1.11. The van der Waals surface area contributed by atoms with Gasteiger partial charge in [-0.3, -0.25) is 4.79 Å². The van der Waals surface area contributed by atoms with Crippen LogP contribution in [0.2, 0.25) is 0 Å². The number of carboxylic acid groups (broad SMARTS) is 1. The number of hydrogen-bond donors (Lipinski definition) is 2. The number of aromatic nitrogens is 3. The van der Waals surface area contributed by atoms with Crippen LogP contribution in [-0.2, 0) is 16.9 Å². The zero-order valence-corrected chi connectivity index (χ0v) is 11.0. The second-order valence-corrected chi connectivity index (χ2v) is 5.14. The van der Waals surface area contributed by atoms with E-state index in [1.54, 1.807) is 18.4 Å². The molecule has 0 aliphatic carbocycles. The molecule has 1 rings (SSSR count). The van der Waals surface area contributed by atoms with Crippen molar-refractivity contribution in [2.75, 3.05) is 5.75 Å². The molecule has 17 heavy (non-hydrogen) atoms. The van der Waals surface area contributed by atoms with Gasteiger partial charge in [-0.05, 0) is 20.3 Å². The summed E-state index contributed by atoms with van der Waals surface area (Å²) in [5, 5.41) is 27.0. The van der Waals surface area contributed by atoms with Crippen LogP contribution in [0.5, 0.6) is 0 Å². The lowest BCUT2D eigenvalue weighted by molar-refractivity contribution is -0.133. The van der Waals surface area contributed by atoms with Crippen molar-refractivity contribution in [3.05, 3.63) is 5.82 Å². The Bertz CT molecular complexity index is 398. The first kappa shape index (κ1) is 14.0. The van der Waals surface area contributed by atoms with Gasteiger partial charge in [0.05, 0.1) is 5.75 Å². The van der Waals surface area contributed by atoms with E-state index in [4.69, 9.17) is 5.11 Å². The van der Waals surface area contributed by atoms with Gasteiger partial charge in [0.1, 0.15) is 5.60 Å². The summed E-state index contributed by atoms with van der Waals surface area (Å²) in [6.45, 7) is 5.93. The summed E-state index contributed by atoms with van der Waals surface area (Å²) in [5.41, 5.74) is -1.08. The maximum absolute atomic E-state index is 10.5. The summed E-state index contributed by atoms with van der Waals surface area (Å²) in [6, 6.07) is 0. The number of carboxylic acids is 1. The molecular weight excluding hydrogens is 242 g/mol. The molecular formula is C10H17N3O3S. The molecule has 0 saturated carbocycles. The Labute approximate surface area is 104 Å². The Morgan fingerprint density at radius 2 is 2.12 bits per heavy atom. The van der Waals surface area contributed by atoms with Crippen LogP contribution in [0.1, 0.15) is 33.0 Å². The maximum Gasteiger partial charge on any atom is 0.313 e. The molecule has 0 bridgehead atoms. The molecule has 0 spiro atoms. The average Bonchev–Trinajstić information content (AvgIpc) is 2.58. The van der Waals surface area contributed by atoms with E-state index >= 15 is 0 Å². The first-order chi connectivity index (χ1) is 7.86. The van der Waals surface area contributed by atoms with E-state index in [1.807, 2.05) is 6.92 Å². The zero-order valence-electron chi connectivity index (χ0n) is 10.2. The molecule has 2 N–H and O–H groups in total. The van der Waals surface area contributed by atoms with Crippen LogP contribution in [-0.4, -0.2) is 36.7 Å². The largest absolute Gasteiger partial charge is 0.481 e. The van der Waals surface area contributed by atoms with Crippen molar-refractivity contribution >= 4 is 17.7 Å². The van der Waals surface area contributed by atoms with Gasteiger partial charge in [0.2, 0.25) is 0 Å². The van der Waals surface area contributed by atoms with Crippen LogP contribution in [0.4, 0.5) is 0 Å². The van der Waals surface area contributed by atoms with Gasteiger partial charge in [-0.25, -0.2) is 0 Å².